The Morgan fingerprint density at radius 2 is 2.25 bits per heavy atom. The van der Waals surface area contributed by atoms with E-state index >= 15 is 0 Å². The van der Waals surface area contributed by atoms with Gasteiger partial charge in [0.25, 0.3) is 0 Å². The minimum Gasteiger partial charge on any atom is -0.463 e. The van der Waals surface area contributed by atoms with Gasteiger partial charge < -0.3 is 10.5 Å². The van der Waals surface area contributed by atoms with Crippen LogP contribution in [0.5, 0.6) is 0 Å². The number of carbonyl (C=O) groups excluding carboxylic acids is 1. The molecule has 2 N–H and O–H groups in total. The van der Waals surface area contributed by atoms with Gasteiger partial charge in [-0.05, 0) is 25.1 Å². The number of nitrogen functional groups attached to an aromatic ring is 1. The second-order valence-electron chi connectivity index (χ2n) is 2.56. The first-order valence-electron chi connectivity index (χ1n) is 5.29. The number of rotatable bonds is 3. The van der Waals surface area contributed by atoms with Crippen molar-refractivity contribution in [1.82, 2.24) is 4.98 Å². The van der Waals surface area contributed by atoms with Crippen molar-refractivity contribution in [3.8, 4) is 0 Å². The van der Waals surface area contributed by atoms with E-state index in [1.165, 1.54) is 12.2 Å². The zero-order valence-corrected chi connectivity index (χ0v) is 9.93. The summed E-state index contributed by atoms with van der Waals surface area (Å²) in [5.41, 5.74) is 6.72. The molecule has 1 rings (SSSR count). The number of aromatic nitrogens is 1. The van der Waals surface area contributed by atoms with Crippen LogP contribution in [0.2, 0.25) is 0 Å². The van der Waals surface area contributed by atoms with Gasteiger partial charge in [0.05, 0.1) is 18.0 Å². The van der Waals surface area contributed by atoms with Gasteiger partial charge in [-0.15, -0.1) is 0 Å². The Morgan fingerprint density at radius 3 is 2.81 bits per heavy atom. The largest absolute Gasteiger partial charge is 0.463 e. The van der Waals surface area contributed by atoms with Gasteiger partial charge >= 0.3 is 5.97 Å². The molecule has 1 aromatic rings. The van der Waals surface area contributed by atoms with Gasteiger partial charge in [0.1, 0.15) is 0 Å². The van der Waals surface area contributed by atoms with Crippen LogP contribution >= 0.6 is 0 Å². The van der Waals surface area contributed by atoms with Gasteiger partial charge in [-0.2, -0.15) is 0 Å². The van der Waals surface area contributed by atoms with E-state index in [1.54, 1.807) is 25.3 Å². The Kier molecular flexibility index (Phi) is 7.49. The highest BCUT2D eigenvalue weighted by Crippen LogP contribution is 2.08. The highest BCUT2D eigenvalue weighted by atomic mass is 16.5. The molecular weight excluding hydrogens is 204 g/mol. The second kappa shape index (κ2) is 8.47. The molecule has 0 aliphatic heterocycles. The molecule has 0 aliphatic carbocycles. The van der Waals surface area contributed by atoms with Gasteiger partial charge in [0.2, 0.25) is 0 Å². The van der Waals surface area contributed by atoms with Gasteiger partial charge in [-0.25, -0.2) is 4.79 Å². The second-order valence-corrected chi connectivity index (χ2v) is 2.56. The summed E-state index contributed by atoms with van der Waals surface area (Å²) in [5, 5.41) is 0. The molecule has 0 amide bonds. The lowest BCUT2D eigenvalue weighted by molar-refractivity contribution is -0.137. The Hall–Kier alpha value is -1.84. The summed E-state index contributed by atoms with van der Waals surface area (Å²) in [6.45, 7) is 6.11. The Bertz CT molecular complexity index is 349. The van der Waals surface area contributed by atoms with Crippen molar-refractivity contribution < 1.29 is 9.53 Å². The van der Waals surface area contributed by atoms with Gasteiger partial charge in [0, 0.05) is 12.3 Å². The standard InChI is InChI=1S/C10H12N2O2.C2H6/c1-2-14-10(13)6-5-9-8(11)4-3-7-12-9;1-2/h3-7H,2,11H2,1H3;1-2H3/b6-5+;. The van der Waals surface area contributed by atoms with Crippen LogP contribution in [0.15, 0.2) is 24.4 Å². The average Bonchev–Trinajstić information content (AvgIpc) is 2.31. The Balaban J connectivity index is 0.00000106. The van der Waals surface area contributed by atoms with Crippen LogP contribution in [0.3, 0.4) is 0 Å². The lowest BCUT2D eigenvalue weighted by atomic mass is 10.3. The molecule has 0 radical (unpaired) electrons. The summed E-state index contributed by atoms with van der Waals surface area (Å²) < 4.78 is 4.71. The fourth-order valence-electron chi connectivity index (χ4n) is 0.907. The summed E-state index contributed by atoms with van der Waals surface area (Å²) in [4.78, 5) is 14.9. The number of carbonyl (C=O) groups is 1. The van der Waals surface area contributed by atoms with Crippen molar-refractivity contribution in [2.75, 3.05) is 12.3 Å². The molecule has 88 valence electrons. The number of esters is 1. The molecule has 16 heavy (non-hydrogen) atoms. The van der Waals surface area contributed by atoms with Crippen LogP contribution in [0.25, 0.3) is 6.08 Å². The molecular formula is C12H18N2O2. The van der Waals surface area contributed by atoms with Crippen molar-refractivity contribution >= 4 is 17.7 Å². The van der Waals surface area contributed by atoms with E-state index in [0.717, 1.165) is 0 Å². The van der Waals surface area contributed by atoms with Crippen LogP contribution in [0.4, 0.5) is 5.69 Å². The highest BCUT2D eigenvalue weighted by molar-refractivity contribution is 5.87. The van der Waals surface area contributed by atoms with Crippen molar-refractivity contribution in [2.24, 2.45) is 0 Å². The first-order valence-corrected chi connectivity index (χ1v) is 5.29. The molecule has 0 spiro atoms. The van der Waals surface area contributed by atoms with E-state index in [0.29, 0.717) is 18.0 Å². The number of nitrogens with two attached hydrogens (primary N) is 1. The van der Waals surface area contributed by atoms with Crippen molar-refractivity contribution in [3.63, 3.8) is 0 Å². The van der Waals surface area contributed by atoms with Crippen molar-refractivity contribution in [3.05, 3.63) is 30.1 Å². The summed E-state index contributed by atoms with van der Waals surface area (Å²) in [6.07, 6.45) is 4.46. The Labute approximate surface area is 96.1 Å². The minimum absolute atomic E-state index is 0.362. The topological polar surface area (TPSA) is 65.2 Å². The molecule has 0 bridgehead atoms. The van der Waals surface area contributed by atoms with Crippen LogP contribution in [-0.4, -0.2) is 17.6 Å². The third kappa shape index (κ3) is 5.14. The summed E-state index contributed by atoms with van der Waals surface area (Å²) in [6, 6.07) is 3.45. The number of pyridine rings is 1. The average molecular weight is 222 g/mol. The van der Waals surface area contributed by atoms with E-state index in [1.807, 2.05) is 13.8 Å². The van der Waals surface area contributed by atoms with Gasteiger partial charge in [-0.1, -0.05) is 13.8 Å². The molecule has 0 atom stereocenters. The maximum atomic E-state index is 11.0. The molecule has 4 heteroatoms. The van der Waals surface area contributed by atoms with E-state index in [9.17, 15) is 4.79 Å². The number of nitrogens with zero attached hydrogens (tertiary/aromatic N) is 1. The minimum atomic E-state index is -0.391. The maximum Gasteiger partial charge on any atom is 0.330 e. The van der Waals surface area contributed by atoms with Crippen LogP contribution in [0, 0.1) is 0 Å². The van der Waals surface area contributed by atoms with E-state index in [2.05, 4.69) is 4.98 Å². The molecule has 0 unspecified atom stereocenters. The quantitative estimate of drug-likeness (QED) is 0.629. The summed E-state index contributed by atoms with van der Waals surface area (Å²) in [5.74, 6) is -0.391. The molecule has 1 heterocycles. The molecule has 0 aromatic carbocycles. The van der Waals surface area contributed by atoms with Crippen LogP contribution < -0.4 is 5.73 Å². The molecule has 0 aliphatic rings. The number of ether oxygens (including phenoxy) is 1. The maximum absolute atomic E-state index is 11.0. The van der Waals surface area contributed by atoms with E-state index in [-0.39, 0.29) is 0 Å². The molecule has 0 saturated heterocycles. The smallest absolute Gasteiger partial charge is 0.330 e. The lowest BCUT2D eigenvalue weighted by Gasteiger charge is -1.97. The fourth-order valence-corrected chi connectivity index (χ4v) is 0.907. The molecule has 0 fully saturated rings. The third-order valence-electron chi connectivity index (χ3n) is 1.54. The lowest BCUT2D eigenvalue weighted by Crippen LogP contribution is -1.99. The fraction of sp³-hybridized carbons (Fsp3) is 0.333. The summed E-state index contributed by atoms with van der Waals surface area (Å²) >= 11 is 0. The van der Waals surface area contributed by atoms with Gasteiger partial charge in [-0.3, -0.25) is 4.98 Å². The van der Waals surface area contributed by atoms with Crippen LogP contribution in [-0.2, 0) is 9.53 Å². The van der Waals surface area contributed by atoms with Crippen molar-refractivity contribution in [1.29, 1.82) is 0 Å². The predicted molar refractivity (Wildman–Crippen MR) is 65.7 cm³/mol. The predicted octanol–water partition coefficient (Wildman–Crippen LogP) is 2.27. The van der Waals surface area contributed by atoms with E-state index in [4.69, 9.17) is 10.5 Å². The molecule has 0 saturated carbocycles. The molecule has 1 aromatic heterocycles. The normalized spacial score (nSPS) is 9.44. The number of hydrogen-bond donors (Lipinski definition) is 1. The highest BCUT2D eigenvalue weighted by Gasteiger charge is 1.96. The van der Waals surface area contributed by atoms with E-state index < -0.39 is 5.97 Å². The Morgan fingerprint density at radius 1 is 1.56 bits per heavy atom. The zero-order chi connectivity index (χ0) is 12.4. The SMILES string of the molecule is CC.CCOC(=O)/C=C/c1ncccc1N. The number of hydrogen-bond acceptors (Lipinski definition) is 4. The molecule has 4 nitrogen and oxygen atoms in total. The number of anilines is 1. The third-order valence-corrected chi connectivity index (χ3v) is 1.54. The first kappa shape index (κ1) is 14.2. The van der Waals surface area contributed by atoms with Crippen LogP contribution in [0.1, 0.15) is 26.5 Å². The monoisotopic (exact) mass is 222 g/mol. The van der Waals surface area contributed by atoms with Crippen molar-refractivity contribution in [2.45, 2.75) is 20.8 Å². The summed E-state index contributed by atoms with van der Waals surface area (Å²) in [7, 11) is 0. The first-order chi connectivity index (χ1) is 7.74. The van der Waals surface area contributed by atoms with Gasteiger partial charge in [0.15, 0.2) is 0 Å². The zero-order valence-electron chi connectivity index (χ0n) is 9.93.